The number of rotatable bonds is 7. The first-order valence-electron chi connectivity index (χ1n) is 11.5. The molecule has 37 heavy (non-hydrogen) atoms. The smallest absolute Gasteiger partial charge is 0.298 e. The number of imide groups is 1. The predicted octanol–water partition coefficient (Wildman–Crippen LogP) is 8.37. The molecule has 5 nitrogen and oxygen atoms in total. The van der Waals surface area contributed by atoms with Crippen LogP contribution in [0.1, 0.15) is 18.1 Å². The van der Waals surface area contributed by atoms with Gasteiger partial charge in [0.05, 0.1) is 22.2 Å². The summed E-state index contributed by atoms with van der Waals surface area (Å²) < 4.78 is 11.9. The minimum atomic E-state index is -0.414. The molecule has 0 unspecified atom stereocenters. The highest BCUT2D eigenvalue weighted by atomic mass is 35.5. The second kappa shape index (κ2) is 10.9. The van der Waals surface area contributed by atoms with E-state index in [1.165, 1.54) is 0 Å². The molecule has 0 N–H and O–H groups in total. The predicted molar refractivity (Wildman–Crippen MR) is 151 cm³/mol. The van der Waals surface area contributed by atoms with Gasteiger partial charge in [-0.1, -0.05) is 59.6 Å². The molecule has 0 aromatic heterocycles. The van der Waals surface area contributed by atoms with Crippen LogP contribution in [0, 0.1) is 0 Å². The Labute approximate surface area is 228 Å². The summed E-state index contributed by atoms with van der Waals surface area (Å²) in [4.78, 5) is 27.0. The molecule has 4 aromatic carbocycles. The minimum absolute atomic E-state index is 0.281. The third-order valence-electron chi connectivity index (χ3n) is 5.71. The van der Waals surface area contributed by atoms with Gasteiger partial charge in [-0.05, 0) is 89.1 Å². The monoisotopic (exact) mass is 549 g/mol. The fourth-order valence-corrected chi connectivity index (χ4v) is 5.23. The number of halogens is 2. The number of amides is 2. The molecule has 1 heterocycles. The van der Waals surface area contributed by atoms with E-state index < -0.39 is 5.91 Å². The van der Waals surface area contributed by atoms with E-state index >= 15 is 0 Å². The van der Waals surface area contributed by atoms with Crippen LogP contribution >= 0.6 is 35.0 Å². The Balaban J connectivity index is 1.39. The van der Waals surface area contributed by atoms with Crippen molar-refractivity contribution in [2.24, 2.45) is 0 Å². The normalized spacial score (nSPS) is 14.6. The van der Waals surface area contributed by atoms with Crippen molar-refractivity contribution in [3.05, 3.63) is 105 Å². The molecule has 1 aliphatic heterocycles. The van der Waals surface area contributed by atoms with Crippen LogP contribution in [0.15, 0.2) is 83.8 Å². The quantitative estimate of drug-likeness (QED) is 0.217. The lowest BCUT2D eigenvalue weighted by Gasteiger charge is -2.15. The van der Waals surface area contributed by atoms with E-state index in [9.17, 15) is 9.59 Å². The topological polar surface area (TPSA) is 55.8 Å². The molecule has 0 spiro atoms. The number of benzene rings is 4. The largest absolute Gasteiger partial charge is 0.490 e. The molecule has 2 amide bonds. The van der Waals surface area contributed by atoms with Crippen molar-refractivity contribution in [2.45, 2.75) is 13.5 Å². The van der Waals surface area contributed by atoms with Crippen LogP contribution in [-0.2, 0) is 11.4 Å². The maximum absolute atomic E-state index is 13.0. The summed E-state index contributed by atoms with van der Waals surface area (Å²) in [6.45, 7) is 2.58. The van der Waals surface area contributed by atoms with Crippen LogP contribution in [0.2, 0.25) is 10.0 Å². The molecule has 0 aliphatic carbocycles. The number of hydrogen-bond donors (Lipinski definition) is 0. The highest BCUT2D eigenvalue weighted by Crippen LogP contribution is 2.40. The molecule has 1 aliphatic rings. The van der Waals surface area contributed by atoms with E-state index in [-0.39, 0.29) is 10.1 Å². The Morgan fingerprint density at radius 2 is 1.65 bits per heavy atom. The molecular weight excluding hydrogens is 529 g/mol. The van der Waals surface area contributed by atoms with Crippen molar-refractivity contribution >= 4 is 68.6 Å². The van der Waals surface area contributed by atoms with Crippen molar-refractivity contribution in [2.75, 3.05) is 11.5 Å². The average Bonchev–Trinajstić information content (AvgIpc) is 3.16. The van der Waals surface area contributed by atoms with Crippen molar-refractivity contribution < 1.29 is 19.1 Å². The summed E-state index contributed by atoms with van der Waals surface area (Å²) in [5.74, 6) is 0.463. The first-order chi connectivity index (χ1) is 17.9. The molecule has 0 radical (unpaired) electrons. The van der Waals surface area contributed by atoms with Gasteiger partial charge in [0.15, 0.2) is 11.5 Å². The van der Waals surface area contributed by atoms with Crippen LogP contribution in [0.4, 0.5) is 10.5 Å². The van der Waals surface area contributed by atoms with Gasteiger partial charge in [0.1, 0.15) is 6.61 Å². The summed E-state index contributed by atoms with van der Waals surface area (Å²) >= 11 is 13.4. The fraction of sp³-hybridized carbons (Fsp3) is 0.103. The van der Waals surface area contributed by atoms with E-state index in [1.54, 1.807) is 42.5 Å². The van der Waals surface area contributed by atoms with Gasteiger partial charge in [-0.25, -0.2) is 4.90 Å². The summed E-state index contributed by atoms with van der Waals surface area (Å²) in [5.41, 5.74) is 2.08. The zero-order chi connectivity index (χ0) is 25.9. The van der Waals surface area contributed by atoms with Crippen LogP contribution in [0.25, 0.3) is 16.8 Å². The van der Waals surface area contributed by atoms with Gasteiger partial charge < -0.3 is 9.47 Å². The molecule has 4 aromatic rings. The number of anilines is 1. The number of carbonyl (C=O) groups is 2. The van der Waals surface area contributed by atoms with E-state index in [4.69, 9.17) is 32.7 Å². The van der Waals surface area contributed by atoms with Crippen molar-refractivity contribution in [3.63, 3.8) is 0 Å². The maximum Gasteiger partial charge on any atom is 0.298 e. The van der Waals surface area contributed by atoms with E-state index in [0.29, 0.717) is 46.0 Å². The second-order valence-corrected chi connectivity index (χ2v) is 10.1. The molecule has 1 fully saturated rings. The molecule has 0 bridgehead atoms. The molecule has 8 heteroatoms. The molecular formula is C29H21Cl2NO4S. The summed E-state index contributed by atoms with van der Waals surface area (Å²) in [7, 11) is 0. The highest BCUT2D eigenvalue weighted by Gasteiger charge is 2.36. The molecule has 5 rings (SSSR count). The number of ether oxygens (including phenoxy) is 2. The number of carbonyl (C=O) groups excluding carboxylic acids is 2. The van der Waals surface area contributed by atoms with Gasteiger partial charge in [-0.15, -0.1) is 0 Å². The average molecular weight is 550 g/mol. The first kappa shape index (κ1) is 25.2. The van der Waals surface area contributed by atoms with Gasteiger partial charge in [-0.3, -0.25) is 9.59 Å². The van der Waals surface area contributed by atoms with Gasteiger partial charge in [0, 0.05) is 5.02 Å². The Morgan fingerprint density at radius 3 is 2.41 bits per heavy atom. The Hall–Kier alpha value is -3.45. The molecule has 0 atom stereocenters. The van der Waals surface area contributed by atoms with Crippen molar-refractivity contribution in [1.29, 1.82) is 0 Å². The van der Waals surface area contributed by atoms with E-state index in [2.05, 4.69) is 24.3 Å². The van der Waals surface area contributed by atoms with Crippen molar-refractivity contribution in [1.82, 2.24) is 0 Å². The zero-order valence-corrected chi connectivity index (χ0v) is 22.1. The van der Waals surface area contributed by atoms with Crippen LogP contribution in [0.5, 0.6) is 11.5 Å². The molecule has 1 saturated heterocycles. The van der Waals surface area contributed by atoms with Crippen LogP contribution in [-0.4, -0.2) is 17.8 Å². The van der Waals surface area contributed by atoms with Crippen LogP contribution < -0.4 is 14.4 Å². The summed E-state index contributed by atoms with van der Waals surface area (Å²) in [6.07, 6.45) is 1.63. The lowest BCUT2D eigenvalue weighted by molar-refractivity contribution is -0.113. The van der Waals surface area contributed by atoms with Gasteiger partial charge >= 0.3 is 0 Å². The van der Waals surface area contributed by atoms with Gasteiger partial charge in [-0.2, -0.15) is 0 Å². The third-order valence-corrected chi connectivity index (χ3v) is 7.11. The SMILES string of the molecule is CCOc1cc(/C=C2/SC(=O)N(c3ccc(Cl)cc3)C2=O)cc(Cl)c1OCc1ccc2ccccc2c1. The minimum Gasteiger partial charge on any atom is -0.490 e. The summed E-state index contributed by atoms with van der Waals surface area (Å²) in [5, 5.41) is 2.76. The highest BCUT2D eigenvalue weighted by molar-refractivity contribution is 8.19. The summed E-state index contributed by atoms with van der Waals surface area (Å²) in [6, 6.07) is 24.2. The van der Waals surface area contributed by atoms with E-state index in [1.807, 2.05) is 25.1 Å². The number of fused-ring (bicyclic) bond motifs is 1. The fourth-order valence-electron chi connectivity index (χ4n) is 3.99. The maximum atomic E-state index is 13.0. The Morgan fingerprint density at radius 1 is 0.892 bits per heavy atom. The Kier molecular flexibility index (Phi) is 7.42. The Bertz CT molecular complexity index is 1540. The van der Waals surface area contributed by atoms with Crippen LogP contribution in [0.3, 0.4) is 0 Å². The number of hydrogen-bond acceptors (Lipinski definition) is 5. The standard InChI is InChI=1S/C29H21Cl2NO4S/c1-2-35-25-15-19(16-26-28(33)32(29(34)37-26)23-11-9-22(30)10-12-23)14-24(31)27(25)36-17-18-7-8-20-5-3-4-6-21(20)13-18/h3-16H,2,17H2,1H3/b26-16+. The van der Waals surface area contributed by atoms with Gasteiger partial charge in [0.25, 0.3) is 11.1 Å². The number of nitrogens with zero attached hydrogens (tertiary/aromatic N) is 1. The zero-order valence-electron chi connectivity index (χ0n) is 19.7. The third kappa shape index (κ3) is 5.47. The molecule has 0 saturated carbocycles. The van der Waals surface area contributed by atoms with Crippen molar-refractivity contribution in [3.8, 4) is 11.5 Å². The molecule has 186 valence electrons. The lowest BCUT2D eigenvalue weighted by Crippen LogP contribution is -2.27. The second-order valence-electron chi connectivity index (χ2n) is 8.23. The first-order valence-corrected chi connectivity index (χ1v) is 13.1. The van der Waals surface area contributed by atoms with Gasteiger partial charge in [0.2, 0.25) is 0 Å². The number of thioether (sulfide) groups is 1. The lowest BCUT2D eigenvalue weighted by atomic mass is 10.1. The van der Waals surface area contributed by atoms with E-state index in [0.717, 1.165) is 33.0 Å².